The zero-order chi connectivity index (χ0) is 9.26. The van der Waals surface area contributed by atoms with E-state index in [9.17, 15) is 4.79 Å². The summed E-state index contributed by atoms with van der Waals surface area (Å²) in [5, 5.41) is 10.0. The molecule has 1 N–H and O–H groups in total. The Morgan fingerprint density at radius 3 is 2.85 bits per heavy atom. The molecule has 0 unspecified atom stereocenters. The number of nitrogens with one attached hydrogen (secondary N) is 1. The first-order valence-corrected chi connectivity index (χ1v) is 3.67. The SMILES string of the molecule is Cn1ncnc1-c1ccc(=O)[nH]n1. The molecule has 0 amide bonds. The van der Waals surface area contributed by atoms with Crippen molar-refractivity contribution in [2.24, 2.45) is 7.05 Å². The van der Waals surface area contributed by atoms with Gasteiger partial charge in [0.2, 0.25) is 0 Å². The van der Waals surface area contributed by atoms with Crippen molar-refractivity contribution in [3.05, 3.63) is 28.8 Å². The van der Waals surface area contributed by atoms with Crippen LogP contribution in [0.4, 0.5) is 0 Å². The Hall–Kier alpha value is -1.98. The predicted octanol–water partition coefficient (Wildman–Crippen LogP) is -0.435. The molecule has 0 fully saturated rings. The van der Waals surface area contributed by atoms with Crippen molar-refractivity contribution in [1.82, 2.24) is 25.0 Å². The Morgan fingerprint density at radius 1 is 1.46 bits per heavy atom. The molecule has 0 saturated carbocycles. The smallest absolute Gasteiger partial charge is 0.264 e. The largest absolute Gasteiger partial charge is 0.268 e. The van der Waals surface area contributed by atoms with Gasteiger partial charge in [0, 0.05) is 13.1 Å². The standard InChI is InChI=1S/C7H7N5O/c1-12-7(8-4-9-12)5-2-3-6(13)11-10-5/h2-4H,1H3,(H,11,13). The number of H-pyrrole nitrogens is 1. The second kappa shape index (κ2) is 2.81. The molecule has 0 spiro atoms. The molecule has 6 heteroatoms. The van der Waals surface area contributed by atoms with E-state index in [0.29, 0.717) is 11.5 Å². The number of nitrogens with zero attached hydrogens (tertiary/aromatic N) is 4. The van der Waals surface area contributed by atoms with Gasteiger partial charge in [-0.25, -0.2) is 14.8 Å². The summed E-state index contributed by atoms with van der Waals surface area (Å²) in [5.41, 5.74) is 0.366. The second-order valence-electron chi connectivity index (χ2n) is 2.51. The maximum Gasteiger partial charge on any atom is 0.264 e. The molecule has 2 aromatic heterocycles. The molecule has 0 radical (unpaired) electrons. The lowest BCUT2D eigenvalue weighted by atomic mass is 10.4. The first-order valence-electron chi connectivity index (χ1n) is 3.67. The van der Waals surface area contributed by atoms with Gasteiger partial charge in [0.25, 0.3) is 5.56 Å². The van der Waals surface area contributed by atoms with E-state index in [2.05, 4.69) is 20.3 Å². The highest BCUT2D eigenvalue weighted by Crippen LogP contribution is 2.08. The van der Waals surface area contributed by atoms with E-state index < -0.39 is 0 Å². The molecule has 2 rings (SSSR count). The lowest BCUT2D eigenvalue weighted by Gasteiger charge is -1.96. The van der Waals surface area contributed by atoms with Gasteiger partial charge in [0.15, 0.2) is 5.82 Å². The quantitative estimate of drug-likeness (QED) is 0.641. The summed E-state index contributed by atoms with van der Waals surface area (Å²) in [4.78, 5) is 14.7. The van der Waals surface area contributed by atoms with E-state index in [1.807, 2.05) is 0 Å². The van der Waals surface area contributed by atoms with Crippen LogP contribution in [0.1, 0.15) is 0 Å². The van der Waals surface area contributed by atoms with E-state index in [-0.39, 0.29) is 5.56 Å². The summed E-state index contributed by atoms with van der Waals surface area (Å²) in [7, 11) is 1.76. The molecular weight excluding hydrogens is 170 g/mol. The van der Waals surface area contributed by atoms with Crippen molar-refractivity contribution in [3.63, 3.8) is 0 Å². The monoisotopic (exact) mass is 177 g/mol. The van der Waals surface area contributed by atoms with Gasteiger partial charge in [-0.05, 0) is 6.07 Å². The molecular formula is C7H7N5O. The fourth-order valence-electron chi connectivity index (χ4n) is 0.997. The summed E-state index contributed by atoms with van der Waals surface area (Å²) in [6, 6.07) is 3.00. The van der Waals surface area contributed by atoms with E-state index in [0.717, 1.165) is 0 Å². The molecule has 0 aliphatic heterocycles. The van der Waals surface area contributed by atoms with Crippen molar-refractivity contribution in [2.75, 3.05) is 0 Å². The number of hydrogen-bond acceptors (Lipinski definition) is 4. The maximum atomic E-state index is 10.7. The van der Waals surface area contributed by atoms with Crippen LogP contribution in [-0.2, 0) is 7.05 Å². The highest BCUT2D eigenvalue weighted by molar-refractivity contribution is 5.46. The maximum absolute atomic E-state index is 10.7. The zero-order valence-corrected chi connectivity index (χ0v) is 6.93. The van der Waals surface area contributed by atoms with Crippen molar-refractivity contribution in [3.8, 4) is 11.5 Å². The number of rotatable bonds is 1. The van der Waals surface area contributed by atoms with Gasteiger partial charge in [-0.3, -0.25) is 4.79 Å². The van der Waals surface area contributed by atoms with Crippen molar-refractivity contribution in [2.45, 2.75) is 0 Å². The molecule has 2 heterocycles. The van der Waals surface area contributed by atoms with E-state index in [4.69, 9.17) is 0 Å². The summed E-state index contributed by atoms with van der Waals surface area (Å²) < 4.78 is 1.58. The minimum Gasteiger partial charge on any atom is -0.268 e. The fraction of sp³-hybridized carbons (Fsp3) is 0.143. The van der Waals surface area contributed by atoms with E-state index in [1.54, 1.807) is 17.8 Å². The molecule has 66 valence electrons. The lowest BCUT2D eigenvalue weighted by molar-refractivity contribution is 0.768. The van der Waals surface area contributed by atoms with Gasteiger partial charge in [0.1, 0.15) is 12.0 Å². The van der Waals surface area contributed by atoms with Crippen LogP contribution in [0.3, 0.4) is 0 Å². The van der Waals surface area contributed by atoms with Gasteiger partial charge in [-0.1, -0.05) is 0 Å². The summed E-state index contributed by atoms with van der Waals surface area (Å²) >= 11 is 0. The van der Waals surface area contributed by atoms with Gasteiger partial charge in [-0.15, -0.1) is 0 Å². The minimum absolute atomic E-state index is 0.231. The zero-order valence-electron chi connectivity index (χ0n) is 6.93. The van der Waals surface area contributed by atoms with Crippen LogP contribution in [0.2, 0.25) is 0 Å². The van der Waals surface area contributed by atoms with Gasteiger partial charge in [0.05, 0.1) is 0 Å². The Labute approximate surface area is 73.2 Å². The third-order valence-electron chi connectivity index (χ3n) is 1.62. The second-order valence-corrected chi connectivity index (χ2v) is 2.51. The third-order valence-corrected chi connectivity index (χ3v) is 1.62. The van der Waals surface area contributed by atoms with Crippen LogP contribution >= 0.6 is 0 Å². The fourth-order valence-corrected chi connectivity index (χ4v) is 0.997. The van der Waals surface area contributed by atoms with Crippen LogP contribution in [0.5, 0.6) is 0 Å². The Kier molecular flexibility index (Phi) is 1.66. The summed E-state index contributed by atoms with van der Waals surface area (Å²) in [5.74, 6) is 0.622. The van der Waals surface area contributed by atoms with E-state index >= 15 is 0 Å². The lowest BCUT2D eigenvalue weighted by Crippen LogP contribution is -2.07. The topological polar surface area (TPSA) is 76.5 Å². The molecule has 0 aliphatic rings. The number of aromatic amines is 1. The van der Waals surface area contributed by atoms with Gasteiger partial charge in [-0.2, -0.15) is 10.2 Å². The van der Waals surface area contributed by atoms with Crippen LogP contribution < -0.4 is 5.56 Å². The minimum atomic E-state index is -0.231. The molecule has 0 aliphatic carbocycles. The average molecular weight is 177 g/mol. The van der Waals surface area contributed by atoms with Crippen LogP contribution in [0.25, 0.3) is 11.5 Å². The Morgan fingerprint density at radius 2 is 2.31 bits per heavy atom. The van der Waals surface area contributed by atoms with Crippen molar-refractivity contribution < 1.29 is 0 Å². The van der Waals surface area contributed by atoms with Crippen molar-refractivity contribution in [1.29, 1.82) is 0 Å². The highest BCUT2D eigenvalue weighted by atomic mass is 16.1. The predicted molar refractivity (Wildman–Crippen MR) is 44.9 cm³/mol. The molecule has 6 nitrogen and oxygen atoms in total. The molecule has 0 bridgehead atoms. The number of hydrogen-bond donors (Lipinski definition) is 1. The van der Waals surface area contributed by atoms with E-state index in [1.165, 1.54) is 12.4 Å². The van der Waals surface area contributed by atoms with Gasteiger partial charge >= 0.3 is 0 Å². The summed E-state index contributed by atoms with van der Waals surface area (Å²) in [6.45, 7) is 0. The molecule has 0 aromatic carbocycles. The molecule has 0 saturated heterocycles. The third kappa shape index (κ3) is 1.33. The van der Waals surface area contributed by atoms with Crippen LogP contribution in [0.15, 0.2) is 23.3 Å². The Balaban J connectivity index is 2.53. The van der Waals surface area contributed by atoms with Gasteiger partial charge < -0.3 is 0 Å². The number of aromatic nitrogens is 5. The van der Waals surface area contributed by atoms with Crippen molar-refractivity contribution >= 4 is 0 Å². The first-order chi connectivity index (χ1) is 6.27. The normalized spacial score (nSPS) is 10.2. The molecule has 0 atom stereocenters. The average Bonchev–Trinajstić information content (AvgIpc) is 2.53. The highest BCUT2D eigenvalue weighted by Gasteiger charge is 2.04. The molecule has 2 aromatic rings. The molecule has 13 heavy (non-hydrogen) atoms. The number of aryl methyl sites for hydroxylation is 1. The van der Waals surface area contributed by atoms with Crippen LogP contribution in [-0.4, -0.2) is 25.0 Å². The Bertz CT molecular complexity index is 451. The van der Waals surface area contributed by atoms with Crippen LogP contribution in [0, 0.1) is 0 Å². The first kappa shape index (κ1) is 7.66. The summed E-state index contributed by atoms with van der Waals surface area (Å²) in [6.07, 6.45) is 1.43.